The predicted molar refractivity (Wildman–Crippen MR) is 112 cm³/mol. The summed E-state index contributed by atoms with van der Waals surface area (Å²) in [7, 11) is 0. The Morgan fingerprint density at radius 3 is 2.86 bits per heavy atom. The summed E-state index contributed by atoms with van der Waals surface area (Å²) in [4.78, 5) is 21.1. The van der Waals surface area contributed by atoms with E-state index in [0.29, 0.717) is 10.8 Å². The number of benzene rings is 2. The predicted octanol–water partition coefficient (Wildman–Crippen LogP) is 5.01. The monoisotopic (exact) mass is 388 g/mol. The molecule has 0 radical (unpaired) electrons. The molecule has 0 aliphatic heterocycles. The van der Waals surface area contributed by atoms with Crippen molar-refractivity contribution in [1.82, 2.24) is 14.4 Å². The highest BCUT2D eigenvalue weighted by atomic mass is 35.5. The van der Waals surface area contributed by atoms with Gasteiger partial charge in [0, 0.05) is 40.9 Å². The largest absolute Gasteiger partial charge is 0.322 e. The first-order valence-electron chi connectivity index (χ1n) is 8.74. The lowest BCUT2D eigenvalue weighted by Crippen LogP contribution is -2.09. The minimum atomic E-state index is -0.225. The average Bonchev–Trinajstić information content (AvgIpc) is 3.13. The van der Waals surface area contributed by atoms with Crippen LogP contribution in [0.15, 0.2) is 73.2 Å². The van der Waals surface area contributed by atoms with Crippen LogP contribution in [0, 0.1) is 6.92 Å². The molecule has 138 valence electrons. The summed E-state index contributed by atoms with van der Waals surface area (Å²) in [5.41, 5.74) is 4.19. The summed E-state index contributed by atoms with van der Waals surface area (Å²) in [5, 5.41) is 3.53. The van der Waals surface area contributed by atoms with Crippen molar-refractivity contribution in [2.24, 2.45) is 0 Å². The van der Waals surface area contributed by atoms with E-state index in [1.165, 1.54) is 6.08 Å². The van der Waals surface area contributed by atoms with Gasteiger partial charge in [-0.05, 0) is 42.3 Å². The third kappa shape index (κ3) is 3.80. The second-order valence-electron chi connectivity index (χ2n) is 6.33. The lowest BCUT2D eigenvalue weighted by Gasteiger charge is -2.08. The first kappa shape index (κ1) is 17.9. The molecule has 4 aromatic rings. The van der Waals surface area contributed by atoms with Gasteiger partial charge in [-0.3, -0.25) is 9.20 Å². The van der Waals surface area contributed by atoms with Crippen molar-refractivity contribution in [3.8, 4) is 11.3 Å². The van der Waals surface area contributed by atoms with Crippen molar-refractivity contribution < 1.29 is 4.79 Å². The van der Waals surface area contributed by atoms with Crippen molar-refractivity contribution >= 4 is 35.0 Å². The summed E-state index contributed by atoms with van der Waals surface area (Å²) < 4.78 is 1.86. The Labute approximate surface area is 167 Å². The Morgan fingerprint density at radius 2 is 2.04 bits per heavy atom. The number of anilines is 1. The lowest BCUT2D eigenvalue weighted by atomic mass is 10.1. The van der Waals surface area contributed by atoms with Gasteiger partial charge in [-0.1, -0.05) is 41.9 Å². The molecular formula is C22H17ClN4O. The number of halogens is 1. The SMILES string of the molecule is Cc1ccc(-c2cn3cccnc3n2)cc1NC(=O)/C=C/c1ccccc1Cl. The standard InChI is InChI=1S/C22H17ClN4O/c1-15-7-8-17(20-14-27-12-4-11-24-22(27)26-20)13-19(15)25-21(28)10-9-16-5-2-3-6-18(16)23/h2-14H,1H3,(H,25,28)/b10-9+. The molecule has 2 aromatic heterocycles. The minimum absolute atomic E-state index is 0.225. The molecule has 0 atom stereocenters. The number of carbonyl (C=O) groups excluding carboxylic acids is 1. The Balaban J connectivity index is 1.57. The van der Waals surface area contributed by atoms with Crippen molar-refractivity contribution in [3.05, 3.63) is 89.3 Å². The highest BCUT2D eigenvalue weighted by Crippen LogP contribution is 2.25. The van der Waals surface area contributed by atoms with Gasteiger partial charge in [0.05, 0.1) is 5.69 Å². The molecule has 28 heavy (non-hydrogen) atoms. The molecule has 0 bridgehead atoms. The third-order valence-electron chi connectivity index (χ3n) is 4.35. The number of aromatic nitrogens is 3. The lowest BCUT2D eigenvalue weighted by molar-refractivity contribution is -0.111. The molecule has 0 saturated heterocycles. The summed E-state index contributed by atoms with van der Waals surface area (Å²) in [5.74, 6) is 0.406. The summed E-state index contributed by atoms with van der Waals surface area (Å²) in [6.45, 7) is 1.95. The fraction of sp³-hybridized carbons (Fsp3) is 0.0455. The number of carbonyl (C=O) groups is 1. The van der Waals surface area contributed by atoms with Crippen LogP contribution in [-0.4, -0.2) is 20.3 Å². The first-order valence-corrected chi connectivity index (χ1v) is 9.12. The zero-order valence-electron chi connectivity index (χ0n) is 15.1. The zero-order chi connectivity index (χ0) is 19.5. The number of fused-ring (bicyclic) bond motifs is 1. The van der Waals surface area contributed by atoms with Crippen molar-refractivity contribution in [3.63, 3.8) is 0 Å². The maximum Gasteiger partial charge on any atom is 0.248 e. The fourth-order valence-corrected chi connectivity index (χ4v) is 3.03. The number of hydrogen-bond donors (Lipinski definition) is 1. The van der Waals surface area contributed by atoms with E-state index in [0.717, 1.165) is 28.1 Å². The molecule has 1 N–H and O–H groups in total. The van der Waals surface area contributed by atoms with Gasteiger partial charge in [-0.15, -0.1) is 0 Å². The normalized spacial score (nSPS) is 11.2. The summed E-state index contributed by atoms with van der Waals surface area (Å²) >= 11 is 6.12. The molecule has 0 aliphatic carbocycles. The van der Waals surface area contributed by atoms with E-state index in [4.69, 9.17) is 11.6 Å². The molecule has 0 saturated carbocycles. The summed E-state index contributed by atoms with van der Waals surface area (Å²) in [6, 6.07) is 15.1. The Hall–Kier alpha value is -3.44. The van der Waals surface area contributed by atoms with E-state index in [2.05, 4.69) is 15.3 Å². The second-order valence-corrected chi connectivity index (χ2v) is 6.73. The fourth-order valence-electron chi connectivity index (χ4n) is 2.84. The molecule has 0 aliphatic rings. The smallest absolute Gasteiger partial charge is 0.248 e. The molecule has 6 heteroatoms. The van der Waals surface area contributed by atoms with Crippen molar-refractivity contribution in [2.75, 3.05) is 5.32 Å². The van der Waals surface area contributed by atoms with Crippen molar-refractivity contribution in [1.29, 1.82) is 0 Å². The van der Waals surface area contributed by atoms with Crippen LogP contribution in [0.2, 0.25) is 5.02 Å². The van der Waals surface area contributed by atoms with Crippen LogP contribution in [0.5, 0.6) is 0 Å². The quantitative estimate of drug-likeness (QED) is 0.500. The minimum Gasteiger partial charge on any atom is -0.322 e. The van der Waals surface area contributed by atoms with Gasteiger partial charge in [0.2, 0.25) is 11.7 Å². The third-order valence-corrected chi connectivity index (χ3v) is 4.69. The van der Waals surface area contributed by atoms with Gasteiger partial charge in [0.1, 0.15) is 0 Å². The molecule has 5 nitrogen and oxygen atoms in total. The number of rotatable bonds is 4. The molecule has 4 rings (SSSR count). The number of nitrogens with one attached hydrogen (secondary N) is 1. The molecule has 2 aromatic carbocycles. The van der Waals surface area contributed by atoms with E-state index >= 15 is 0 Å². The molecular weight excluding hydrogens is 372 g/mol. The van der Waals surface area contributed by atoms with Gasteiger partial charge in [0.25, 0.3) is 0 Å². The van der Waals surface area contributed by atoms with Gasteiger partial charge in [-0.25, -0.2) is 9.97 Å². The number of amides is 1. The number of nitrogens with zero attached hydrogens (tertiary/aromatic N) is 3. The average molecular weight is 389 g/mol. The number of imidazole rings is 1. The molecule has 0 spiro atoms. The van der Waals surface area contributed by atoms with Gasteiger partial charge in [-0.2, -0.15) is 0 Å². The maximum atomic E-state index is 12.4. The van der Waals surface area contributed by atoms with Gasteiger partial charge in [0.15, 0.2) is 0 Å². The van der Waals surface area contributed by atoms with Crippen LogP contribution in [0.1, 0.15) is 11.1 Å². The van der Waals surface area contributed by atoms with E-state index in [1.807, 2.05) is 66.2 Å². The topological polar surface area (TPSA) is 59.3 Å². The van der Waals surface area contributed by atoms with Gasteiger partial charge >= 0.3 is 0 Å². The number of hydrogen-bond acceptors (Lipinski definition) is 3. The van der Waals surface area contributed by atoms with E-state index in [9.17, 15) is 4.79 Å². The summed E-state index contributed by atoms with van der Waals surface area (Å²) in [6.07, 6.45) is 8.69. The van der Waals surface area contributed by atoms with Crippen molar-refractivity contribution in [2.45, 2.75) is 6.92 Å². The highest BCUT2D eigenvalue weighted by Gasteiger charge is 2.09. The van der Waals surface area contributed by atoms with E-state index < -0.39 is 0 Å². The van der Waals surface area contributed by atoms with Crippen LogP contribution in [0.4, 0.5) is 5.69 Å². The van der Waals surface area contributed by atoms with Gasteiger partial charge < -0.3 is 5.32 Å². The zero-order valence-corrected chi connectivity index (χ0v) is 15.9. The molecule has 1 amide bonds. The molecule has 2 heterocycles. The molecule has 0 fully saturated rings. The van der Waals surface area contributed by atoms with E-state index in [1.54, 1.807) is 18.3 Å². The first-order chi connectivity index (χ1) is 13.6. The van der Waals surface area contributed by atoms with Crippen LogP contribution >= 0.6 is 11.6 Å². The number of aryl methyl sites for hydroxylation is 1. The second kappa shape index (κ2) is 7.66. The van der Waals surface area contributed by atoms with Crippen LogP contribution in [-0.2, 0) is 4.79 Å². The highest BCUT2D eigenvalue weighted by molar-refractivity contribution is 6.32. The van der Waals surface area contributed by atoms with E-state index in [-0.39, 0.29) is 5.91 Å². The Bertz CT molecular complexity index is 1160. The Kier molecular flexibility index (Phi) is 4.91. The molecule has 0 unspecified atom stereocenters. The van der Waals surface area contributed by atoms with Crippen LogP contribution in [0.25, 0.3) is 23.1 Å². The Morgan fingerprint density at radius 1 is 1.18 bits per heavy atom. The van der Waals surface area contributed by atoms with Crippen LogP contribution < -0.4 is 5.32 Å². The maximum absolute atomic E-state index is 12.4. The van der Waals surface area contributed by atoms with Crippen LogP contribution in [0.3, 0.4) is 0 Å².